The molecule has 1 fully saturated rings. The predicted molar refractivity (Wildman–Crippen MR) is 62.2 cm³/mol. The Hall–Kier alpha value is -0.520. The third-order valence-corrected chi connectivity index (χ3v) is 3.89. The van der Waals surface area contributed by atoms with Crippen molar-refractivity contribution in [1.82, 2.24) is 0 Å². The van der Waals surface area contributed by atoms with Gasteiger partial charge in [0.2, 0.25) is 0 Å². The fourth-order valence-corrected chi connectivity index (χ4v) is 3.20. The Labute approximate surface area is 88.1 Å². The Morgan fingerprint density at radius 2 is 2.00 bits per heavy atom. The molecule has 0 spiro atoms. The Balaban J connectivity index is 2.28. The van der Waals surface area contributed by atoms with Crippen LogP contribution in [0.4, 0.5) is 0 Å². The van der Waals surface area contributed by atoms with Gasteiger partial charge in [0.1, 0.15) is 0 Å². The Kier molecular flexibility index (Phi) is 2.80. The summed E-state index contributed by atoms with van der Waals surface area (Å²) in [5, 5.41) is 0. The highest BCUT2D eigenvalue weighted by atomic mass is 14.4. The van der Waals surface area contributed by atoms with E-state index in [2.05, 4.69) is 26.8 Å². The molecule has 0 aromatic heterocycles. The molecule has 2 atom stereocenters. The van der Waals surface area contributed by atoms with Crippen LogP contribution in [-0.4, -0.2) is 0 Å². The highest BCUT2D eigenvalue weighted by Gasteiger charge is 2.32. The van der Waals surface area contributed by atoms with Crippen molar-refractivity contribution in [3.8, 4) is 0 Å². The van der Waals surface area contributed by atoms with Crippen molar-refractivity contribution in [3.63, 3.8) is 0 Å². The zero-order valence-corrected chi connectivity index (χ0v) is 9.77. The van der Waals surface area contributed by atoms with Crippen LogP contribution in [0.1, 0.15) is 52.9 Å². The van der Waals surface area contributed by atoms with Gasteiger partial charge >= 0.3 is 0 Å². The minimum absolute atomic E-state index is 0.915. The van der Waals surface area contributed by atoms with Crippen molar-refractivity contribution in [2.45, 2.75) is 52.9 Å². The van der Waals surface area contributed by atoms with E-state index in [1.54, 1.807) is 11.1 Å². The molecule has 1 saturated carbocycles. The van der Waals surface area contributed by atoms with Gasteiger partial charge in [0.25, 0.3) is 0 Å². The Bertz CT molecular complexity index is 276. The number of hydrogen-bond acceptors (Lipinski definition) is 0. The molecule has 0 N–H and O–H groups in total. The lowest BCUT2D eigenvalue weighted by Gasteiger charge is -2.28. The molecule has 0 heteroatoms. The summed E-state index contributed by atoms with van der Waals surface area (Å²) in [6.07, 6.45) is 9.64. The third kappa shape index (κ3) is 1.80. The lowest BCUT2D eigenvalue weighted by molar-refractivity contribution is 0.389. The van der Waals surface area contributed by atoms with Crippen LogP contribution >= 0.6 is 0 Å². The first kappa shape index (κ1) is 10.0. The van der Waals surface area contributed by atoms with Crippen LogP contribution in [0.3, 0.4) is 0 Å². The first-order valence-electron chi connectivity index (χ1n) is 6.03. The van der Waals surface area contributed by atoms with Crippen LogP contribution in [0.2, 0.25) is 0 Å². The van der Waals surface area contributed by atoms with Crippen molar-refractivity contribution < 1.29 is 0 Å². The zero-order chi connectivity index (χ0) is 10.1. The molecule has 2 rings (SSSR count). The summed E-state index contributed by atoms with van der Waals surface area (Å²) in [7, 11) is 0. The van der Waals surface area contributed by atoms with Gasteiger partial charge in [-0.25, -0.2) is 0 Å². The minimum Gasteiger partial charge on any atom is -0.0762 e. The first-order valence-corrected chi connectivity index (χ1v) is 6.03. The van der Waals surface area contributed by atoms with Crippen molar-refractivity contribution in [1.29, 1.82) is 0 Å². The molecule has 0 amide bonds. The molecule has 0 unspecified atom stereocenters. The number of allylic oxidation sites excluding steroid dienone is 4. The molecule has 78 valence electrons. The van der Waals surface area contributed by atoms with E-state index in [0.717, 1.165) is 11.8 Å². The summed E-state index contributed by atoms with van der Waals surface area (Å²) in [6.45, 7) is 6.78. The number of rotatable bonds is 1. The lowest BCUT2D eigenvalue weighted by atomic mass is 9.77. The van der Waals surface area contributed by atoms with Gasteiger partial charge in [0.05, 0.1) is 0 Å². The molecular weight excluding hydrogens is 168 g/mol. The molecule has 0 aromatic carbocycles. The lowest BCUT2D eigenvalue weighted by Crippen LogP contribution is -2.16. The summed E-state index contributed by atoms with van der Waals surface area (Å²) in [5.74, 6) is 1.93. The molecule has 0 saturated heterocycles. The SMILES string of the molecule is CC(C)=CC1=C(C)CC[C@@H]2CCC[C@H]12. The van der Waals surface area contributed by atoms with E-state index in [1.807, 2.05) is 0 Å². The van der Waals surface area contributed by atoms with Gasteiger partial charge in [-0.3, -0.25) is 0 Å². The van der Waals surface area contributed by atoms with Gasteiger partial charge in [0.15, 0.2) is 0 Å². The van der Waals surface area contributed by atoms with Crippen LogP contribution < -0.4 is 0 Å². The molecule has 0 heterocycles. The largest absolute Gasteiger partial charge is 0.0762 e. The summed E-state index contributed by atoms with van der Waals surface area (Å²) in [4.78, 5) is 0. The summed E-state index contributed by atoms with van der Waals surface area (Å²) < 4.78 is 0. The molecule has 0 bridgehead atoms. The maximum Gasteiger partial charge on any atom is -0.0134 e. The van der Waals surface area contributed by atoms with E-state index in [0.29, 0.717) is 0 Å². The quantitative estimate of drug-likeness (QED) is 0.572. The molecule has 0 aliphatic heterocycles. The average Bonchev–Trinajstić information content (AvgIpc) is 2.57. The average molecular weight is 190 g/mol. The molecule has 2 aliphatic carbocycles. The van der Waals surface area contributed by atoms with E-state index in [1.165, 1.54) is 37.7 Å². The monoisotopic (exact) mass is 190 g/mol. The maximum absolute atomic E-state index is 2.44. The van der Waals surface area contributed by atoms with Crippen LogP contribution in [0.15, 0.2) is 22.8 Å². The maximum atomic E-state index is 2.44. The van der Waals surface area contributed by atoms with Gasteiger partial charge in [-0.05, 0) is 63.9 Å². The third-order valence-electron chi connectivity index (χ3n) is 3.89. The fraction of sp³-hybridized carbons (Fsp3) is 0.714. The van der Waals surface area contributed by atoms with E-state index in [-0.39, 0.29) is 0 Å². The fourth-order valence-electron chi connectivity index (χ4n) is 3.20. The van der Waals surface area contributed by atoms with Crippen LogP contribution in [0, 0.1) is 11.8 Å². The summed E-state index contributed by atoms with van der Waals surface area (Å²) >= 11 is 0. The van der Waals surface area contributed by atoms with Gasteiger partial charge in [-0.1, -0.05) is 23.6 Å². The molecular formula is C14H22. The van der Waals surface area contributed by atoms with Crippen LogP contribution in [0.25, 0.3) is 0 Å². The van der Waals surface area contributed by atoms with Gasteiger partial charge in [-0.15, -0.1) is 0 Å². The van der Waals surface area contributed by atoms with Crippen molar-refractivity contribution in [2.75, 3.05) is 0 Å². The van der Waals surface area contributed by atoms with Crippen molar-refractivity contribution in [2.24, 2.45) is 11.8 Å². The van der Waals surface area contributed by atoms with Crippen molar-refractivity contribution >= 4 is 0 Å². The molecule has 2 aliphatic rings. The highest BCUT2D eigenvalue weighted by Crippen LogP contribution is 2.45. The van der Waals surface area contributed by atoms with Gasteiger partial charge < -0.3 is 0 Å². The second kappa shape index (κ2) is 3.92. The number of fused-ring (bicyclic) bond motifs is 1. The second-order valence-electron chi connectivity index (χ2n) is 5.29. The van der Waals surface area contributed by atoms with E-state index < -0.39 is 0 Å². The first-order chi connectivity index (χ1) is 6.68. The summed E-state index contributed by atoms with van der Waals surface area (Å²) in [5.41, 5.74) is 4.82. The molecule has 0 aromatic rings. The van der Waals surface area contributed by atoms with Gasteiger partial charge in [0, 0.05) is 0 Å². The van der Waals surface area contributed by atoms with Crippen molar-refractivity contribution in [3.05, 3.63) is 22.8 Å². The van der Waals surface area contributed by atoms with E-state index in [9.17, 15) is 0 Å². The molecule has 0 nitrogen and oxygen atoms in total. The smallest absolute Gasteiger partial charge is 0.0134 e. The van der Waals surface area contributed by atoms with Crippen LogP contribution in [0.5, 0.6) is 0 Å². The van der Waals surface area contributed by atoms with Gasteiger partial charge in [-0.2, -0.15) is 0 Å². The summed E-state index contributed by atoms with van der Waals surface area (Å²) in [6, 6.07) is 0. The predicted octanol–water partition coefficient (Wildman–Crippen LogP) is 4.48. The molecule has 0 radical (unpaired) electrons. The topological polar surface area (TPSA) is 0 Å². The Morgan fingerprint density at radius 1 is 1.21 bits per heavy atom. The Morgan fingerprint density at radius 3 is 2.71 bits per heavy atom. The highest BCUT2D eigenvalue weighted by molar-refractivity contribution is 5.32. The zero-order valence-electron chi connectivity index (χ0n) is 9.77. The molecule has 14 heavy (non-hydrogen) atoms. The van der Waals surface area contributed by atoms with E-state index >= 15 is 0 Å². The van der Waals surface area contributed by atoms with Crippen LogP contribution in [-0.2, 0) is 0 Å². The normalized spacial score (nSPS) is 31.6. The standard InChI is InChI=1S/C14H22/c1-10(2)9-14-11(3)7-8-12-5-4-6-13(12)14/h9,12-13H,4-8H2,1-3H3/t12-,13-/m0/s1. The minimum atomic E-state index is 0.915. The number of hydrogen-bond donors (Lipinski definition) is 0. The van der Waals surface area contributed by atoms with E-state index in [4.69, 9.17) is 0 Å². The second-order valence-corrected chi connectivity index (χ2v) is 5.29.